The predicted molar refractivity (Wildman–Crippen MR) is 93.2 cm³/mol. The Morgan fingerprint density at radius 3 is 3.08 bits per heavy atom. The minimum atomic E-state index is -0.418. The second-order valence-corrected chi connectivity index (χ2v) is 6.37. The van der Waals surface area contributed by atoms with Crippen LogP contribution in [-0.4, -0.2) is 45.7 Å². The summed E-state index contributed by atoms with van der Waals surface area (Å²) in [6.45, 7) is 2.11. The molecule has 1 aliphatic rings. The highest BCUT2D eigenvalue weighted by molar-refractivity contribution is 5.60. The minimum absolute atomic E-state index is 0.0376. The largest absolute Gasteiger partial charge is 0.441 e. The van der Waals surface area contributed by atoms with Gasteiger partial charge in [0.25, 0.3) is 5.69 Å². The van der Waals surface area contributed by atoms with E-state index < -0.39 is 4.92 Å². The minimum Gasteiger partial charge on any atom is -0.441 e. The standard InChI is InChI=1S/C18H23N3O4/c22-11-8-15-5-1-2-9-20(15)10-7-18-19-13-17(25-18)14-4-3-6-16(12-14)21(23)24/h3-4,6,12-13,15,22H,1-2,5,7-11H2. The number of aliphatic hydroxyl groups excluding tert-OH is 1. The lowest BCUT2D eigenvalue weighted by atomic mass is 9.99. The van der Waals surface area contributed by atoms with E-state index in [2.05, 4.69) is 9.88 Å². The topological polar surface area (TPSA) is 92.6 Å². The zero-order valence-electron chi connectivity index (χ0n) is 14.1. The summed E-state index contributed by atoms with van der Waals surface area (Å²) in [5.41, 5.74) is 0.694. The normalized spacial score (nSPS) is 18.4. The number of oxazole rings is 1. The van der Waals surface area contributed by atoms with E-state index in [0.717, 1.165) is 25.9 Å². The maximum atomic E-state index is 10.9. The van der Waals surface area contributed by atoms with Gasteiger partial charge in [0.15, 0.2) is 11.7 Å². The lowest BCUT2D eigenvalue weighted by molar-refractivity contribution is -0.384. The van der Waals surface area contributed by atoms with Gasteiger partial charge >= 0.3 is 0 Å². The monoisotopic (exact) mass is 345 g/mol. The smallest absolute Gasteiger partial charge is 0.270 e. The Morgan fingerprint density at radius 2 is 2.28 bits per heavy atom. The Labute approximate surface area is 146 Å². The second-order valence-electron chi connectivity index (χ2n) is 6.37. The average Bonchev–Trinajstić information content (AvgIpc) is 3.10. The number of aromatic nitrogens is 1. The molecule has 0 saturated carbocycles. The zero-order valence-corrected chi connectivity index (χ0v) is 14.1. The molecule has 0 spiro atoms. The van der Waals surface area contributed by atoms with Crippen molar-refractivity contribution in [2.45, 2.75) is 38.1 Å². The number of non-ortho nitro benzene ring substituents is 1. The van der Waals surface area contributed by atoms with Crippen LogP contribution in [0.15, 0.2) is 34.9 Å². The van der Waals surface area contributed by atoms with Crippen LogP contribution in [0.1, 0.15) is 31.6 Å². The number of likely N-dealkylation sites (tertiary alicyclic amines) is 1. The molecule has 7 heteroatoms. The maximum absolute atomic E-state index is 10.9. The molecule has 2 aromatic rings. The van der Waals surface area contributed by atoms with Crippen LogP contribution >= 0.6 is 0 Å². The average molecular weight is 345 g/mol. The van der Waals surface area contributed by atoms with Crippen molar-refractivity contribution >= 4 is 5.69 Å². The molecule has 3 rings (SSSR count). The molecule has 1 unspecified atom stereocenters. The molecule has 0 aliphatic carbocycles. The van der Waals surface area contributed by atoms with Gasteiger partial charge in [-0.2, -0.15) is 0 Å². The summed E-state index contributed by atoms with van der Waals surface area (Å²) in [5, 5.41) is 20.1. The lowest BCUT2D eigenvalue weighted by Gasteiger charge is -2.35. The number of piperidine rings is 1. The van der Waals surface area contributed by atoms with Crippen LogP contribution in [0.3, 0.4) is 0 Å². The van der Waals surface area contributed by atoms with Crippen molar-refractivity contribution in [3.05, 3.63) is 46.5 Å². The van der Waals surface area contributed by atoms with Crippen molar-refractivity contribution in [2.75, 3.05) is 19.7 Å². The fourth-order valence-corrected chi connectivity index (χ4v) is 3.40. The third-order valence-electron chi connectivity index (χ3n) is 4.72. The number of benzene rings is 1. The number of rotatable bonds is 7. The van der Waals surface area contributed by atoms with Gasteiger partial charge in [0, 0.05) is 43.3 Å². The number of hydrogen-bond donors (Lipinski definition) is 1. The summed E-state index contributed by atoms with van der Waals surface area (Å²) < 4.78 is 5.78. The Kier molecular flexibility index (Phi) is 5.78. The van der Waals surface area contributed by atoms with Crippen molar-refractivity contribution in [1.82, 2.24) is 9.88 Å². The van der Waals surface area contributed by atoms with Crippen molar-refractivity contribution in [3.8, 4) is 11.3 Å². The lowest BCUT2D eigenvalue weighted by Crippen LogP contribution is -2.41. The van der Waals surface area contributed by atoms with E-state index in [1.807, 2.05) is 0 Å². The maximum Gasteiger partial charge on any atom is 0.270 e. The van der Waals surface area contributed by atoms with Gasteiger partial charge < -0.3 is 9.52 Å². The van der Waals surface area contributed by atoms with Gasteiger partial charge in [-0.25, -0.2) is 4.98 Å². The second kappa shape index (κ2) is 8.22. The summed E-state index contributed by atoms with van der Waals surface area (Å²) in [6, 6.07) is 6.80. The van der Waals surface area contributed by atoms with Crippen LogP contribution in [0.2, 0.25) is 0 Å². The van der Waals surface area contributed by atoms with Crippen LogP contribution in [0.4, 0.5) is 5.69 Å². The molecular weight excluding hydrogens is 322 g/mol. The molecule has 1 aromatic heterocycles. The van der Waals surface area contributed by atoms with Gasteiger partial charge in [-0.1, -0.05) is 18.6 Å². The van der Waals surface area contributed by atoms with Gasteiger partial charge in [0.1, 0.15) is 0 Å². The molecular formula is C18H23N3O4. The number of nitrogens with zero attached hydrogens (tertiary/aromatic N) is 3. The molecule has 1 saturated heterocycles. The summed E-state index contributed by atoms with van der Waals surface area (Å²) in [7, 11) is 0. The van der Waals surface area contributed by atoms with E-state index >= 15 is 0 Å². The van der Waals surface area contributed by atoms with E-state index in [9.17, 15) is 15.2 Å². The number of hydrogen-bond acceptors (Lipinski definition) is 6. The molecule has 1 aliphatic heterocycles. The van der Waals surface area contributed by atoms with Crippen molar-refractivity contribution in [2.24, 2.45) is 0 Å². The van der Waals surface area contributed by atoms with E-state index in [0.29, 0.717) is 29.7 Å². The van der Waals surface area contributed by atoms with Crippen molar-refractivity contribution in [3.63, 3.8) is 0 Å². The number of nitro benzene ring substituents is 1. The van der Waals surface area contributed by atoms with Gasteiger partial charge in [0.2, 0.25) is 0 Å². The summed E-state index contributed by atoms with van der Waals surface area (Å²) in [6.07, 6.45) is 6.66. The van der Waals surface area contributed by atoms with Gasteiger partial charge in [-0.3, -0.25) is 15.0 Å². The highest BCUT2D eigenvalue weighted by Gasteiger charge is 2.22. The first-order valence-corrected chi connectivity index (χ1v) is 8.72. The molecule has 134 valence electrons. The molecule has 25 heavy (non-hydrogen) atoms. The Morgan fingerprint density at radius 1 is 1.40 bits per heavy atom. The molecule has 0 amide bonds. The predicted octanol–water partition coefficient (Wildman–Crippen LogP) is 3.03. The van der Waals surface area contributed by atoms with Crippen molar-refractivity contribution in [1.29, 1.82) is 0 Å². The quantitative estimate of drug-likeness (QED) is 0.612. The number of aliphatic hydroxyl groups is 1. The van der Waals surface area contributed by atoms with Crippen LogP contribution < -0.4 is 0 Å². The van der Waals surface area contributed by atoms with Crippen LogP contribution in [0.25, 0.3) is 11.3 Å². The molecule has 1 fully saturated rings. The summed E-state index contributed by atoms with van der Waals surface area (Å²) in [4.78, 5) is 17.2. The number of nitro groups is 1. The van der Waals surface area contributed by atoms with Gasteiger partial charge in [0.05, 0.1) is 11.1 Å². The first-order valence-electron chi connectivity index (χ1n) is 8.72. The summed E-state index contributed by atoms with van der Waals surface area (Å²) in [5.74, 6) is 1.18. The highest BCUT2D eigenvalue weighted by atomic mass is 16.6. The van der Waals surface area contributed by atoms with E-state index in [1.165, 1.54) is 25.0 Å². The first kappa shape index (κ1) is 17.6. The third kappa shape index (κ3) is 4.43. The molecule has 1 aromatic carbocycles. The van der Waals surface area contributed by atoms with Gasteiger partial charge in [-0.05, 0) is 25.8 Å². The first-order chi connectivity index (χ1) is 12.2. The fourth-order valence-electron chi connectivity index (χ4n) is 3.40. The molecule has 1 atom stereocenters. The Balaban J connectivity index is 1.63. The van der Waals surface area contributed by atoms with Gasteiger partial charge in [-0.15, -0.1) is 0 Å². The van der Waals surface area contributed by atoms with Crippen LogP contribution in [0, 0.1) is 10.1 Å². The Bertz CT molecular complexity index is 714. The molecule has 2 heterocycles. The van der Waals surface area contributed by atoms with Crippen LogP contribution in [-0.2, 0) is 6.42 Å². The SMILES string of the molecule is O=[N+]([O-])c1cccc(-c2cnc(CCN3CCCCC3CCO)o2)c1. The molecule has 0 bridgehead atoms. The van der Waals surface area contributed by atoms with E-state index in [-0.39, 0.29) is 12.3 Å². The molecule has 7 nitrogen and oxygen atoms in total. The third-order valence-corrected chi connectivity index (χ3v) is 4.72. The fraction of sp³-hybridized carbons (Fsp3) is 0.500. The van der Waals surface area contributed by atoms with Crippen LogP contribution in [0.5, 0.6) is 0 Å². The molecule has 0 radical (unpaired) electrons. The zero-order chi connectivity index (χ0) is 17.6. The van der Waals surface area contributed by atoms with Crippen molar-refractivity contribution < 1.29 is 14.4 Å². The summed E-state index contributed by atoms with van der Waals surface area (Å²) >= 11 is 0. The van der Waals surface area contributed by atoms with E-state index in [4.69, 9.17) is 4.42 Å². The highest BCUT2D eigenvalue weighted by Crippen LogP contribution is 2.25. The Hall–Kier alpha value is -2.25. The van der Waals surface area contributed by atoms with E-state index in [1.54, 1.807) is 18.3 Å². The molecule has 1 N–H and O–H groups in total.